The highest BCUT2D eigenvalue weighted by Gasteiger charge is 2.25. The Bertz CT molecular complexity index is 686. The highest BCUT2D eigenvalue weighted by Crippen LogP contribution is 2.11. The van der Waals surface area contributed by atoms with Gasteiger partial charge in [0.25, 0.3) is 0 Å². The van der Waals surface area contributed by atoms with Crippen molar-refractivity contribution in [3.05, 3.63) is 29.8 Å². The molecule has 0 saturated carbocycles. The van der Waals surface area contributed by atoms with Crippen LogP contribution in [0.4, 0.5) is 0 Å². The molecule has 1 heterocycles. The number of nitrogens with one attached hydrogen (secondary N) is 1. The molecular formula is C14H18N2O6S. The molecule has 1 fully saturated rings. The van der Waals surface area contributed by atoms with Crippen LogP contribution in [-0.4, -0.2) is 62.6 Å². The normalized spacial score (nSPS) is 18.7. The van der Waals surface area contributed by atoms with E-state index in [1.54, 1.807) is 4.90 Å². The first-order valence-electron chi connectivity index (χ1n) is 7.01. The Morgan fingerprint density at radius 3 is 2.57 bits per heavy atom. The number of hydrogen-bond acceptors (Lipinski definition) is 5. The summed E-state index contributed by atoms with van der Waals surface area (Å²) in [4.78, 5) is 24.3. The molecule has 2 rings (SSSR count). The second-order valence-corrected chi connectivity index (χ2v) is 6.93. The van der Waals surface area contributed by atoms with Gasteiger partial charge in [-0.25, -0.2) is 17.9 Å². The van der Waals surface area contributed by atoms with Crippen LogP contribution in [0.25, 0.3) is 0 Å². The molecule has 126 valence electrons. The fraction of sp³-hybridized carbons (Fsp3) is 0.429. The molecule has 0 aromatic heterocycles. The number of ether oxygens (including phenoxy) is 1. The predicted octanol–water partition coefficient (Wildman–Crippen LogP) is -0.0896. The number of amides is 1. The summed E-state index contributed by atoms with van der Waals surface area (Å²) in [6.45, 7) is 2.76. The van der Waals surface area contributed by atoms with Crippen molar-refractivity contribution in [2.45, 2.75) is 17.9 Å². The third-order valence-electron chi connectivity index (χ3n) is 3.51. The number of aromatic carboxylic acids is 1. The molecule has 0 aliphatic carbocycles. The van der Waals surface area contributed by atoms with Gasteiger partial charge in [0.2, 0.25) is 15.9 Å². The average molecular weight is 342 g/mol. The number of carbonyl (C=O) groups is 2. The molecular weight excluding hydrogens is 324 g/mol. The summed E-state index contributed by atoms with van der Waals surface area (Å²) in [5, 5.41) is 8.80. The van der Waals surface area contributed by atoms with Gasteiger partial charge >= 0.3 is 5.97 Å². The van der Waals surface area contributed by atoms with Crippen LogP contribution in [0.3, 0.4) is 0 Å². The van der Waals surface area contributed by atoms with Crippen molar-refractivity contribution in [2.75, 3.05) is 26.3 Å². The SMILES string of the molecule is CC1COCCN1C(=O)CNS(=O)(=O)c1ccc(C(=O)O)cc1. The van der Waals surface area contributed by atoms with Gasteiger partial charge in [-0.1, -0.05) is 0 Å². The van der Waals surface area contributed by atoms with Gasteiger partial charge in [-0.3, -0.25) is 4.79 Å². The van der Waals surface area contributed by atoms with E-state index in [9.17, 15) is 18.0 Å². The average Bonchev–Trinajstić information content (AvgIpc) is 2.53. The number of carboxylic acids is 1. The Morgan fingerprint density at radius 1 is 1.35 bits per heavy atom. The summed E-state index contributed by atoms with van der Waals surface area (Å²) >= 11 is 0. The van der Waals surface area contributed by atoms with Crippen LogP contribution < -0.4 is 4.72 Å². The summed E-state index contributed by atoms with van der Waals surface area (Å²) in [6, 6.07) is 4.67. The maximum absolute atomic E-state index is 12.1. The smallest absolute Gasteiger partial charge is 0.335 e. The molecule has 1 aromatic carbocycles. The molecule has 0 spiro atoms. The summed E-state index contributed by atoms with van der Waals surface area (Å²) < 4.78 is 31.7. The van der Waals surface area contributed by atoms with Crippen LogP contribution in [0.5, 0.6) is 0 Å². The highest BCUT2D eigenvalue weighted by atomic mass is 32.2. The lowest BCUT2D eigenvalue weighted by molar-refractivity contribution is -0.137. The lowest BCUT2D eigenvalue weighted by Gasteiger charge is -2.33. The van der Waals surface area contributed by atoms with Crippen molar-refractivity contribution in [1.82, 2.24) is 9.62 Å². The molecule has 0 radical (unpaired) electrons. The second-order valence-electron chi connectivity index (χ2n) is 5.17. The van der Waals surface area contributed by atoms with Gasteiger partial charge in [0, 0.05) is 6.54 Å². The lowest BCUT2D eigenvalue weighted by Crippen LogP contribution is -2.50. The molecule has 9 heteroatoms. The number of hydrogen-bond donors (Lipinski definition) is 2. The second kappa shape index (κ2) is 7.07. The molecule has 23 heavy (non-hydrogen) atoms. The Kier molecular flexibility index (Phi) is 5.34. The largest absolute Gasteiger partial charge is 0.478 e. The number of benzene rings is 1. The summed E-state index contributed by atoms with van der Waals surface area (Å²) in [7, 11) is -3.88. The minimum atomic E-state index is -3.88. The van der Waals surface area contributed by atoms with E-state index in [1.165, 1.54) is 24.3 Å². The molecule has 1 aliphatic heterocycles. The summed E-state index contributed by atoms with van der Waals surface area (Å²) in [5.41, 5.74) is -0.0119. The minimum absolute atomic E-state index is 0.0119. The van der Waals surface area contributed by atoms with Crippen molar-refractivity contribution < 1.29 is 27.9 Å². The number of carboxylic acid groups (broad SMARTS) is 1. The van der Waals surface area contributed by atoms with Crippen LogP contribution in [0.1, 0.15) is 17.3 Å². The zero-order valence-corrected chi connectivity index (χ0v) is 13.4. The number of rotatable bonds is 5. The van der Waals surface area contributed by atoms with E-state index >= 15 is 0 Å². The number of nitrogens with zero attached hydrogens (tertiary/aromatic N) is 1. The van der Waals surface area contributed by atoms with Crippen LogP contribution in [0.2, 0.25) is 0 Å². The van der Waals surface area contributed by atoms with E-state index in [4.69, 9.17) is 9.84 Å². The standard InChI is InChI=1S/C14H18N2O6S/c1-10-9-22-7-6-16(10)13(17)8-15-23(20,21)12-4-2-11(3-5-12)14(18)19/h2-5,10,15H,6-9H2,1H3,(H,18,19). The lowest BCUT2D eigenvalue weighted by atomic mass is 10.2. The van der Waals surface area contributed by atoms with E-state index in [0.717, 1.165) is 0 Å². The zero-order valence-electron chi connectivity index (χ0n) is 12.6. The van der Waals surface area contributed by atoms with E-state index in [2.05, 4.69) is 4.72 Å². The van der Waals surface area contributed by atoms with Gasteiger partial charge in [-0.05, 0) is 31.2 Å². The van der Waals surface area contributed by atoms with E-state index in [0.29, 0.717) is 19.8 Å². The van der Waals surface area contributed by atoms with Crippen molar-refractivity contribution in [2.24, 2.45) is 0 Å². The van der Waals surface area contributed by atoms with Gasteiger partial charge in [0.05, 0.1) is 36.3 Å². The molecule has 1 amide bonds. The molecule has 1 aromatic rings. The predicted molar refractivity (Wildman–Crippen MR) is 80.6 cm³/mol. The van der Waals surface area contributed by atoms with Crippen LogP contribution in [0.15, 0.2) is 29.2 Å². The third kappa shape index (κ3) is 4.27. The van der Waals surface area contributed by atoms with Gasteiger partial charge < -0.3 is 14.7 Å². The fourth-order valence-electron chi connectivity index (χ4n) is 2.22. The van der Waals surface area contributed by atoms with Crippen molar-refractivity contribution in [1.29, 1.82) is 0 Å². The molecule has 1 atom stereocenters. The maximum atomic E-state index is 12.1. The van der Waals surface area contributed by atoms with Crippen molar-refractivity contribution >= 4 is 21.9 Å². The molecule has 0 bridgehead atoms. The Hall–Kier alpha value is -1.97. The van der Waals surface area contributed by atoms with E-state index < -0.39 is 16.0 Å². The summed E-state index contributed by atoms with van der Waals surface area (Å²) in [5.74, 6) is -1.47. The first-order valence-corrected chi connectivity index (χ1v) is 8.50. The highest BCUT2D eigenvalue weighted by molar-refractivity contribution is 7.89. The van der Waals surface area contributed by atoms with E-state index in [-0.39, 0.29) is 29.0 Å². The van der Waals surface area contributed by atoms with Crippen molar-refractivity contribution in [3.63, 3.8) is 0 Å². The molecule has 8 nitrogen and oxygen atoms in total. The van der Waals surface area contributed by atoms with Crippen LogP contribution >= 0.6 is 0 Å². The van der Waals surface area contributed by atoms with Gasteiger partial charge in [0.15, 0.2) is 0 Å². The molecule has 1 unspecified atom stereocenters. The Labute approximate surface area is 134 Å². The van der Waals surface area contributed by atoms with Crippen LogP contribution in [-0.2, 0) is 19.6 Å². The minimum Gasteiger partial charge on any atom is -0.478 e. The van der Waals surface area contributed by atoms with Gasteiger partial charge in [-0.15, -0.1) is 0 Å². The first-order chi connectivity index (χ1) is 10.8. The number of carbonyl (C=O) groups excluding carboxylic acids is 1. The van der Waals surface area contributed by atoms with E-state index in [1.807, 2.05) is 6.92 Å². The number of sulfonamides is 1. The third-order valence-corrected chi connectivity index (χ3v) is 4.93. The topological polar surface area (TPSA) is 113 Å². The van der Waals surface area contributed by atoms with Crippen LogP contribution in [0, 0.1) is 0 Å². The summed E-state index contributed by atoms with van der Waals surface area (Å²) in [6.07, 6.45) is 0. The van der Waals surface area contributed by atoms with Crippen molar-refractivity contribution in [3.8, 4) is 0 Å². The Morgan fingerprint density at radius 2 is 2.00 bits per heavy atom. The molecule has 1 saturated heterocycles. The zero-order chi connectivity index (χ0) is 17.0. The Balaban J connectivity index is 2.00. The fourth-order valence-corrected chi connectivity index (χ4v) is 3.19. The first kappa shape index (κ1) is 17.4. The quantitative estimate of drug-likeness (QED) is 0.773. The maximum Gasteiger partial charge on any atom is 0.335 e. The van der Waals surface area contributed by atoms with Gasteiger partial charge in [-0.2, -0.15) is 0 Å². The monoisotopic (exact) mass is 342 g/mol. The number of morpholine rings is 1. The molecule has 1 aliphatic rings. The molecule has 2 N–H and O–H groups in total. The van der Waals surface area contributed by atoms with Gasteiger partial charge in [0.1, 0.15) is 0 Å².